The van der Waals surface area contributed by atoms with E-state index in [1.54, 1.807) is 5.94 Å². The summed E-state index contributed by atoms with van der Waals surface area (Å²) in [6.07, 6.45) is 4.54. The zero-order valence-corrected chi connectivity index (χ0v) is 9.67. The van der Waals surface area contributed by atoms with E-state index >= 15 is 0 Å². The zero-order chi connectivity index (χ0) is 13.8. The van der Waals surface area contributed by atoms with Crippen LogP contribution in [0.25, 0.3) is 0 Å². The molecule has 1 aliphatic carbocycles. The number of rotatable bonds is 2. The molecule has 5 nitrogen and oxygen atoms in total. The van der Waals surface area contributed by atoms with E-state index in [0.29, 0.717) is 5.69 Å². The van der Waals surface area contributed by atoms with Gasteiger partial charge in [-0.2, -0.15) is 0 Å². The van der Waals surface area contributed by atoms with Crippen LogP contribution in [0.4, 0.5) is 9.18 Å². The van der Waals surface area contributed by atoms with E-state index in [1.807, 2.05) is 0 Å². The lowest BCUT2D eigenvalue weighted by Crippen LogP contribution is -2.19. The summed E-state index contributed by atoms with van der Waals surface area (Å²) < 4.78 is 17.7. The van der Waals surface area contributed by atoms with Crippen molar-refractivity contribution < 1.29 is 18.7 Å². The third-order valence-electron chi connectivity index (χ3n) is 2.51. The number of hydrogen-bond donors (Lipinski definition) is 1. The lowest BCUT2D eigenvalue weighted by atomic mass is 9.90. The molecule has 0 aliphatic heterocycles. The second-order valence-corrected chi connectivity index (χ2v) is 3.74. The Hall–Kier alpha value is -2.72. The molecule has 1 atom stereocenters. The van der Waals surface area contributed by atoms with Crippen molar-refractivity contribution in [1.82, 2.24) is 4.98 Å². The van der Waals surface area contributed by atoms with Crippen LogP contribution in [0, 0.1) is 5.82 Å². The average Bonchev–Trinajstić information content (AvgIpc) is 2.39. The molecule has 19 heavy (non-hydrogen) atoms. The first-order valence-corrected chi connectivity index (χ1v) is 5.34. The molecule has 96 valence electrons. The van der Waals surface area contributed by atoms with Crippen LogP contribution < -0.4 is 5.73 Å². The number of hydrogen-bond acceptors (Lipinski definition) is 4. The Kier molecular flexibility index (Phi) is 3.54. The Morgan fingerprint density at radius 3 is 2.84 bits per heavy atom. The van der Waals surface area contributed by atoms with Crippen LogP contribution in [-0.2, 0) is 9.53 Å². The van der Waals surface area contributed by atoms with Gasteiger partial charge in [-0.3, -0.25) is 4.98 Å². The summed E-state index contributed by atoms with van der Waals surface area (Å²) in [5.74, 6) is 0.657. The molecule has 1 aliphatic rings. The van der Waals surface area contributed by atoms with Crippen LogP contribution in [0.15, 0.2) is 47.9 Å². The average molecular weight is 260 g/mol. The molecule has 1 aromatic rings. The van der Waals surface area contributed by atoms with Crippen molar-refractivity contribution in [3.05, 3.63) is 59.4 Å². The van der Waals surface area contributed by atoms with Crippen molar-refractivity contribution in [2.24, 2.45) is 5.73 Å². The van der Waals surface area contributed by atoms with E-state index in [2.05, 4.69) is 4.98 Å². The van der Waals surface area contributed by atoms with Gasteiger partial charge < -0.3 is 10.5 Å². The number of nitrogens with zero attached hydrogens (tertiary/aromatic N) is 1. The van der Waals surface area contributed by atoms with Gasteiger partial charge in [0.15, 0.2) is 0 Å². The molecule has 0 aromatic carbocycles. The van der Waals surface area contributed by atoms with E-state index < -0.39 is 17.8 Å². The highest BCUT2D eigenvalue weighted by atomic mass is 19.1. The number of pyridine rings is 1. The predicted octanol–water partition coefficient (Wildman–Crippen LogP) is 1.61. The fourth-order valence-corrected chi connectivity index (χ4v) is 1.76. The molecule has 1 heterocycles. The van der Waals surface area contributed by atoms with Crippen molar-refractivity contribution in [3.63, 3.8) is 0 Å². The first-order valence-electron chi connectivity index (χ1n) is 5.34. The van der Waals surface area contributed by atoms with Gasteiger partial charge in [0.25, 0.3) is 0 Å². The van der Waals surface area contributed by atoms with Gasteiger partial charge in [0.2, 0.25) is 0 Å². The number of primary amides is 1. The molecule has 0 radical (unpaired) electrons. The van der Waals surface area contributed by atoms with Gasteiger partial charge in [-0.1, -0.05) is 6.08 Å². The van der Waals surface area contributed by atoms with Crippen LogP contribution >= 0.6 is 0 Å². The minimum absolute atomic E-state index is 0.146. The fraction of sp³-hybridized carbons (Fsp3) is 0.0769. The summed E-state index contributed by atoms with van der Waals surface area (Å²) in [4.78, 5) is 25.6. The van der Waals surface area contributed by atoms with Crippen LogP contribution in [-0.4, -0.2) is 17.0 Å². The van der Waals surface area contributed by atoms with E-state index in [-0.39, 0.29) is 11.3 Å². The van der Waals surface area contributed by atoms with Crippen LogP contribution in [0.5, 0.6) is 0 Å². The Bertz CT molecular complexity index is 613. The van der Waals surface area contributed by atoms with Gasteiger partial charge in [0, 0.05) is 0 Å². The van der Waals surface area contributed by atoms with E-state index in [1.165, 1.54) is 30.4 Å². The van der Waals surface area contributed by atoms with Crippen molar-refractivity contribution in [1.29, 1.82) is 0 Å². The minimum atomic E-state index is -1.00. The van der Waals surface area contributed by atoms with Crippen LogP contribution in [0.3, 0.4) is 0 Å². The molecule has 6 heteroatoms. The standard InChI is InChI=1S/C13H9FN2O3/c14-9-4-5-10(16-6-9)12-8(7-17)2-1-3-11(12)19-13(15)18/h1-6,12H,(H2,15,18). The maximum absolute atomic E-state index is 12.9. The number of nitrogens with two attached hydrogens (primary N) is 1. The van der Waals surface area contributed by atoms with Gasteiger partial charge in [-0.05, 0) is 24.3 Å². The monoisotopic (exact) mass is 260 g/mol. The number of amides is 1. The molecule has 0 saturated carbocycles. The lowest BCUT2D eigenvalue weighted by Gasteiger charge is -2.20. The molecule has 1 unspecified atom stereocenters. The summed E-state index contributed by atoms with van der Waals surface area (Å²) in [7, 11) is 0. The maximum Gasteiger partial charge on any atom is 0.409 e. The van der Waals surface area contributed by atoms with E-state index in [0.717, 1.165) is 6.20 Å². The number of carbonyl (C=O) groups excluding carboxylic acids is 2. The molecule has 1 amide bonds. The smallest absolute Gasteiger partial charge is 0.409 e. The van der Waals surface area contributed by atoms with E-state index in [9.17, 15) is 14.0 Å². The summed E-state index contributed by atoms with van der Waals surface area (Å²) >= 11 is 0. The van der Waals surface area contributed by atoms with E-state index in [4.69, 9.17) is 10.5 Å². The summed E-state index contributed by atoms with van der Waals surface area (Å²) in [5.41, 5.74) is 5.54. The largest absolute Gasteiger partial charge is 0.414 e. The maximum atomic E-state index is 12.9. The third kappa shape index (κ3) is 2.75. The summed E-state index contributed by atoms with van der Waals surface area (Å²) in [6, 6.07) is 2.60. The highest BCUT2D eigenvalue weighted by Crippen LogP contribution is 2.33. The van der Waals surface area contributed by atoms with Crippen molar-refractivity contribution in [2.75, 3.05) is 0 Å². The molecule has 0 saturated heterocycles. The number of halogens is 1. The van der Waals surface area contributed by atoms with Crippen molar-refractivity contribution in [3.8, 4) is 0 Å². The minimum Gasteiger partial charge on any atom is -0.414 e. The first-order chi connectivity index (χ1) is 9.11. The predicted molar refractivity (Wildman–Crippen MR) is 64.0 cm³/mol. The number of ether oxygens (including phenoxy) is 1. The summed E-state index contributed by atoms with van der Waals surface area (Å²) in [5, 5.41) is 0. The molecule has 0 fully saturated rings. The Labute approximate surface area is 107 Å². The van der Waals surface area contributed by atoms with Gasteiger partial charge in [0.1, 0.15) is 17.5 Å². The van der Waals surface area contributed by atoms with Gasteiger partial charge in [-0.15, -0.1) is 0 Å². The third-order valence-corrected chi connectivity index (χ3v) is 2.51. The Balaban J connectivity index is 2.44. The molecule has 1 aromatic heterocycles. The second kappa shape index (κ2) is 5.29. The topological polar surface area (TPSA) is 82.3 Å². The van der Waals surface area contributed by atoms with Gasteiger partial charge in [0.05, 0.1) is 23.4 Å². The lowest BCUT2D eigenvalue weighted by molar-refractivity contribution is 0.182. The highest BCUT2D eigenvalue weighted by molar-refractivity contribution is 5.69. The zero-order valence-electron chi connectivity index (χ0n) is 9.67. The molecule has 0 spiro atoms. The fourth-order valence-electron chi connectivity index (χ4n) is 1.76. The number of allylic oxidation sites excluding steroid dienone is 4. The Morgan fingerprint density at radius 2 is 2.26 bits per heavy atom. The van der Waals surface area contributed by atoms with Crippen molar-refractivity contribution >= 4 is 12.0 Å². The van der Waals surface area contributed by atoms with Crippen molar-refractivity contribution in [2.45, 2.75) is 5.92 Å². The quantitative estimate of drug-likeness (QED) is 0.819. The van der Waals surface area contributed by atoms with Crippen LogP contribution in [0.1, 0.15) is 11.6 Å². The molecular weight excluding hydrogens is 251 g/mol. The number of aromatic nitrogens is 1. The molecule has 2 N–H and O–H groups in total. The summed E-state index contributed by atoms with van der Waals surface area (Å²) in [6.45, 7) is 0. The van der Waals surface area contributed by atoms with Gasteiger partial charge in [-0.25, -0.2) is 14.0 Å². The second-order valence-electron chi connectivity index (χ2n) is 3.74. The SMILES string of the molecule is NC(=O)OC1=CC=CC(=C=O)C1c1ccc(F)cn1. The number of carbonyl (C=O) groups is 1. The van der Waals surface area contributed by atoms with Crippen LogP contribution in [0.2, 0.25) is 0 Å². The molecular formula is C13H9FN2O3. The van der Waals surface area contributed by atoms with Gasteiger partial charge >= 0.3 is 6.09 Å². The highest BCUT2D eigenvalue weighted by Gasteiger charge is 2.27. The Morgan fingerprint density at radius 1 is 1.47 bits per heavy atom. The molecule has 2 rings (SSSR count). The molecule has 0 bridgehead atoms. The first kappa shape index (κ1) is 12.7. The normalized spacial score (nSPS) is 17.6.